The maximum atomic E-state index is 6.72. The van der Waals surface area contributed by atoms with Gasteiger partial charge in [0.15, 0.2) is 0 Å². The summed E-state index contributed by atoms with van der Waals surface area (Å²) in [7, 11) is 1.75. The van der Waals surface area contributed by atoms with Crippen LogP contribution in [0, 0.1) is 19.3 Å². The number of nitrogens with two attached hydrogens (primary N) is 1. The summed E-state index contributed by atoms with van der Waals surface area (Å²) < 4.78 is 6.79. The van der Waals surface area contributed by atoms with Crippen molar-refractivity contribution in [3.63, 3.8) is 0 Å². The van der Waals surface area contributed by atoms with Gasteiger partial charge in [-0.2, -0.15) is 0 Å². The van der Waals surface area contributed by atoms with Gasteiger partial charge in [-0.3, -0.25) is 0 Å². The maximum Gasteiger partial charge on any atom is 0.126 e. The van der Waals surface area contributed by atoms with Crippen LogP contribution < -0.4 is 10.5 Å². The molecule has 0 aromatic heterocycles. The Morgan fingerprint density at radius 1 is 1.25 bits per heavy atom. The Kier molecular flexibility index (Phi) is 4.80. The number of rotatable bonds is 3. The highest BCUT2D eigenvalue weighted by Crippen LogP contribution is 2.48. The zero-order chi connectivity index (χ0) is 14.9. The SMILES string of the molecule is COc1c(C)cc(Br)c(C)c1C(N)C1(C)CCCCC1. The van der Waals surface area contributed by atoms with Gasteiger partial charge in [0.2, 0.25) is 0 Å². The maximum absolute atomic E-state index is 6.72. The van der Waals surface area contributed by atoms with Crippen LogP contribution in [0.4, 0.5) is 0 Å². The fourth-order valence-corrected chi connectivity index (χ4v) is 4.10. The van der Waals surface area contributed by atoms with Crippen LogP contribution in [0.2, 0.25) is 0 Å². The molecule has 1 aliphatic rings. The number of ether oxygens (including phenoxy) is 1. The largest absolute Gasteiger partial charge is 0.496 e. The van der Waals surface area contributed by atoms with E-state index in [4.69, 9.17) is 10.5 Å². The molecule has 0 aliphatic heterocycles. The summed E-state index contributed by atoms with van der Waals surface area (Å²) in [5, 5.41) is 0. The van der Waals surface area contributed by atoms with Gasteiger partial charge in [-0.05, 0) is 49.3 Å². The molecule has 1 aromatic rings. The van der Waals surface area contributed by atoms with Crippen molar-refractivity contribution in [2.45, 2.75) is 58.9 Å². The number of benzene rings is 1. The highest BCUT2D eigenvalue weighted by molar-refractivity contribution is 9.10. The van der Waals surface area contributed by atoms with Crippen molar-refractivity contribution in [3.05, 3.63) is 27.2 Å². The van der Waals surface area contributed by atoms with E-state index in [1.54, 1.807) is 7.11 Å². The van der Waals surface area contributed by atoms with Gasteiger partial charge in [-0.1, -0.05) is 42.1 Å². The third kappa shape index (κ3) is 2.75. The van der Waals surface area contributed by atoms with Gasteiger partial charge in [-0.25, -0.2) is 0 Å². The van der Waals surface area contributed by atoms with E-state index < -0.39 is 0 Å². The van der Waals surface area contributed by atoms with E-state index in [9.17, 15) is 0 Å². The zero-order valence-corrected chi connectivity index (χ0v) is 14.6. The van der Waals surface area contributed by atoms with Gasteiger partial charge >= 0.3 is 0 Å². The van der Waals surface area contributed by atoms with Crippen LogP contribution >= 0.6 is 15.9 Å². The molecule has 1 atom stereocenters. The molecule has 0 heterocycles. The number of methoxy groups -OCH3 is 1. The zero-order valence-electron chi connectivity index (χ0n) is 13.1. The highest BCUT2D eigenvalue weighted by Gasteiger charge is 2.36. The quantitative estimate of drug-likeness (QED) is 0.836. The average molecular weight is 340 g/mol. The number of hydrogen-bond acceptors (Lipinski definition) is 2. The van der Waals surface area contributed by atoms with Gasteiger partial charge < -0.3 is 10.5 Å². The molecule has 0 saturated heterocycles. The summed E-state index contributed by atoms with van der Waals surface area (Å²) in [5.74, 6) is 0.963. The Balaban J connectivity index is 2.50. The molecule has 1 aromatic carbocycles. The second-order valence-corrected chi connectivity index (χ2v) is 7.29. The predicted molar refractivity (Wildman–Crippen MR) is 88.3 cm³/mol. The second kappa shape index (κ2) is 6.07. The number of aryl methyl sites for hydroxylation is 1. The summed E-state index contributed by atoms with van der Waals surface area (Å²) in [4.78, 5) is 0. The first-order valence-electron chi connectivity index (χ1n) is 7.50. The molecule has 3 heteroatoms. The number of halogens is 1. The van der Waals surface area contributed by atoms with Crippen LogP contribution in [-0.2, 0) is 0 Å². The van der Waals surface area contributed by atoms with Crippen LogP contribution in [0.25, 0.3) is 0 Å². The predicted octanol–water partition coefficient (Wildman–Crippen LogP) is 5.04. The Morgan fingerprint density at radius 2 is 1.85 bits per heavy atom. The Bertz CT molecular complexity index is 492. The first-order chi connectivity index (χ1) is 9.40. The lowest BCUT2D eigenvalue weighted by atomic mass is 9.68. The molecule has 2 nitrogen and oxygen atoms in total. The van der Waals surface area contributed by atoms with E-state index in [2.05, 4.69) is 42.8 Å². The molecular formula is C17H26BrNO. The van der Waals surface area contributed by atoms with E-state index in [0.717, 1.165) is 15.8 Å². The first-order valence-corrected chi connectivity index (χ1v) is 8.29. The lowest BCUT2D eigenvalue weighted by Crippen LogP contribution is -2.34. The minimum absolute atomic E-state index is 0.0361. The van der Waals surface area contributed by atoms with E-state index in [-0.39, 0.29) is 11.5 Å². The Hall–Kier alpha value is -0.540. The minimum Gasteiger partial charge on any atom is -0.496 e. The first kappa shape index (κ1) is 15.8. The monoisotopic (exact) mass is 339 g/mol. The topological polar surface area (TPSA) is 35.2 Å². The molecule has 0 amide bonds. The minimum atomic E-state index is 0.0361. The summed E-state index contributed by atoms with van der Waals surface area (Å²) in [6, 6.07) is 2.15. The molecule has 0 bridgehead atoms. The lowest BCUT2D eigenvalue weighted by Gasteiger charge is -2.40. The van der Waals surface area contributed by atoms with Crippen LogP contribution in [0.3, 0.4) is 0 Å². The molecule has 0 spiro atoms. The van der Waals surface area contributed by atoms with Gasteiger partial charge in [0.1, 0.15) is 5.75 Å². The third-order valence-electron chi connectivity index (χ3n) is 4.97. The highest BCUT2D eigenvalue weighted by atomic mass is 79.9. The lowest BCUT2D eigenvalue weighted by molar-refractivity contribution is 0.167. The van der Waals surface area contributed by atoms with E-state index in [1.807, 2.05) is 0 Å². The molecule has 1 unspecified atom stereocenters. The van der Waals surface area contributed by atoms with Crippen LogP contribution in [0.1, 0.15) is 61.8 Å². The molecule has 1 fully saturated rings. The average Bonchev–Trinajstić information content (AvgIpc) is 2.42. The van der Waals surface area contributed by atoms with Crippen LogP contribution in [0.15, 0.2) is 10.5 Å². The molecule has 1 saturated carbocycles. The van der Waals surface area contributed by atoms with Crippen LogP contribution in [-0.4, -0.2) is 7.11 Å². The normalized spacial score (nSPS) is 19.7. The van der Waals surface area contributed by atoms with Crippen molar-refractivity contribution >= 4 is 15.9 Å². The van der Waals surface area contributed by atoms with Crippen molar-refractivity contribution in [2.75, 3.05) is 7.11 Å². The molecule has 0 radical (unpaired) electrons. The van der Waals surface area contributed by atoms with E-state index in [1.165, 1.54) is 43.2 Å². The molecule has 112 valence electrons. The summed E-state index contributed by atoms with van der Waals surface area (Å²) in [6.07, 6.45) is 6.34. The van der Waals surface area contributed by atoms with Gasteiger partial charge in [0.05, 0.1) is 7.11 Å². The summed E-state index contributed by atoms with van der Waals surface area (Å²) in [5.41, 5.74) is 10.4. The van der Waals surface area contributed by atoms with Crippen molar-refractivity contribution < 1.29 is 4.74 Å². The Morgan fingerprint density at radius 3 is 2.40 bits per heavy atom. The van der Waals surface area contributed by atoms with Crippen molar-refractivity contribution in [1.82, 2.24) is 0 Å². The fraction of sp³-hybridized carbons (Fsp3) is 0.647. The smallest absolute Gasteiger partial charge is 0.126 e. The van der Waals surface area contributed by atoms with Crippen molar-refractivity contribution in [1.29, 1.82) is 0 Å². The summed E-state index contributed by atoms with van der Waals surface area (Å²) >= 11 is 3.66. The standard InChI is InChI=1S/C17H26BrNO/c1-11-10-13(18)12(2)14(15(11)20-4)16(19)17(3)8-6-5-7-9-17/h10,16H,5-9,19H2,1-4H3. The molecule has 20 heavy (non-hydrogen) atoms. The third-order valence-corrected chi connectivity index (χ3v) is 5.79. The fourth-order valence-electron chi connectivity index (χ4n) is 3.54. The van der Waals surface area contributed by atoms with Gasteiger partial charge in [0, 0.05) is 16.1 Å². The van der Waals surface area contributed by atoms with Crippen LogP contribution in [0.5, 0.6) is 5.75 Å². The molecule has 1 aliphatic carbocycles. The van der Waals surface area contributed by atoms with Gasteiger partial charge in [-0.15, -0.1) is 0 Å². The molecule has 2 rings (SSSR count). The Labute approximate surface area is 131 Å². The molecule has 2 N–H and O–H groups in total. The number of hydrogen-bond donors (Lipinski definition) is 1. The van der Waals surface area contributed by atoms with Gasteiger partial charge in [0.25, 0.3) is 0 Å². The summed E-state index contributed by atoms with van der Waals surface area (Å²) in [6.45, 7) is 6.56. The second-order valence-electron chi connectivity index (χ2n) is 6.44. The van der Waals surface area contributed by atoms with E-state index >= 15 is 0 Å². The van der Waals surface area contributed by atoms with Crippen molar-refractivity contribution in [2.24, 2.45) is 11.1 Å². The molecular weight excluding hydrogens is 314 g/mol. The van der Waals surface area contributed by atoms with E-state index in [0.29, 0.717) is 0 Å². The van der Waals surface area contributed by atoms with Crippen molar-refractivity contribution in [3.8, 4) is 5.75 Å².